The molecule has 2 aromatic rings. The molecule has 2 N–H and O–H groups in total. The Morgan fingerprint density at radius 1 is 1.28 bits per heavy atom. The van der Waals surface area contributed by atoms with Gasteiger partial charge in [0.15, 0.2) is 0 Å². The van der Waals surface area contributed by atoms with Gasteiger partial charge in [0.05, 0.1) is 10.6 Å². The van der Waals surface area contributed by atoms with Gasteiger partial charge in [-0.15, -0.1) is 4.83 Å². The first kappa shape index (κ1) is 19.8. The number of hydrazine groups is 1. The molecule has 0 aliphatic rings. The Morgan fingerprint density at radius 3 is 2.44 bits per heavy atom. The van der Waals surface area contributed by atoms with Gasteiger partial charge in [0.1, 0.15) is 10.6 Å². The largest absolute Gasteiger partial charge is 0.416 e. The lowest BCUT2D eigenvalue weighted by atomic mass is 10.2. The van der Waals surface area contributed by atoms with Crippen molar-refractivity contribution in [2.24, 2.45) is 7.05 Å². The summed E-state index contributed by atoms with van der Waals surface area (Å²) in [6.07, 6.45) is -3.18. The summed E-state index contributed by atoms with van der Waals surface area (Å²) in [5.74, 6) is -0.806. The number of nitrogens with zero attached hydrogens (tertiary/aromatic N) is 1. The molecule has 1 aromatic carbocycles. The van der Waals surface area contributed by atoms with Crippen LogP contribution >= 0.6 is 27.5 Å². The summed E-state index contributed by atoms with van der Waals surface area (Å²) in [5, 5.41) is -0.420. The number of aromatic nitrogens is 1. The van der Waals surface area contributed by atoms with E-state index in [2.05, 4.69) is 15.9 Å². The monoisotopic (exact) mass is 459 g/mol. The molecule has 1 aromatic heterocycles. The highest BCUT2D eigenvalue weighted by Crippen LogP contribution is 2.33. The van der Waals surface area contributed by atoms with E-state index in [0.717, 1.165) is 6.07 Å². The van der Waals surface area contributed by atoms with Crippen molar-refractivity contribution in [2.75, 3.05) is 0 Å². The molecule has 25 heavy (non-hydrogen) atoms. The van der Waals surface area contributed by atoms with Gasteiger partial charge in [0.2, 0.25) is 0 Å². The number of alkyl halides is 3. The zero-order chi connectivity index (χ0) is 19.0. The third kappa shape index (κ3) is 4.54. The van der Waals surface area contributed by atoms with Crippen LogP contribution in [0.5, 0.6) is 0 Å². The number of rotatable bonds is 4. The molecular formula is C13H10BrClF3N3O3S. The van der Waals surface area contributed by atoms with Crippen LogP contribution in [0.4, 0.5) is 13.2 Å². The summed E-state index contributed by atoms with van der Waals surface area (Å²) in [6, 6.07) is 3.29. The lowest BCUT2D eigenvalue weighted by Gasteiger charge is -2.12. The normalized spacial score (nSPS) is 12.2. The zero-order valence-corrected chi connectivity index (χ0v) is 15.5. The van der Waals surface area contributed by atoms with Crippen molar-refractivity contribution in [3.05, 3.63) is 51.2 Å². The molecule has 0 spiro atoms. The predicted octanol–water partition coefficient (Wildman–Crippen LogP) is 3.08. The first-order chi connectivity index (χ1) is 11.4. The third-order valence-electron chi connectivity index (χ3n) is 3.05. The molecule has 1 amide bonds. The van der Waals surface area contributed by atoms with E-state index in [-0.39, 0.29) is 5.69 Å². The smallest absolute Gasteiger partial charge is 0.345 e. The fourth-order valence-electron chi connectivity index (χ4n) is 1.87. The van der Waals surface area contributed by atoms with Crippen molar-refractivity contribution in [3.63, 3.8) is 0 Å². The summed E-state index contributed by atoms with van der Waals surface area (Å²) in [6.45, 7) is 0. The molecule has 0 saturated heterocycles. The molecule has 0 fully saturated rings. The third-order valence-corrected chi connectivity index (χ3v) is 5.21. The van der Waals surface area contributed by atoms with E-state index in [1.54, 1.807) is 18.1 Å². The van der Waals surface area contributed by atoms with Crippen LogP contribution in [0, 0.1) is 0 Å². The standard InChI is InChI=1S/C13H10BrClF3N3O3S/c1-21-6-8(14)5-10(21)12(22)19-20-25(23,24)11-4-7(13(16,17)18)2-3-9(11)15/h2-6,20H,1H3,(H,19,22). The second kappa shape index (κ2) is 6.98. The van der Waals surface area contributed by atoms with E-state index in [0.29, 0.717) is 16.6 Å². The minimum atomic E-state index is -4.74. The van der Waals surface area contributed by atoms with Crippen molar-refractivity contribution in [1.29, 1.82) is 0 Å². The number of halogens is 5. The molecule has 0 aliphatic carbocycles. The minimum absolute atomic E-state index is 0.115. The van der Waals surface area contributed by atoms with Crippen molar-refractivity contribution >= 4 is 43.5 Å². The molecule has 0 saturated carbocycles. The number of carbonyl (C=O) groups is 1. The lowest BCUT2D eigenvalue weighted by Crippen LogP contribution is -2.42. The number of nitrogens with one attached hydrogen (secondary N) is 2. The van der Waals surface area contributed by atoms with E-state index in [1.807, 2.05) is 5.43 Å². The zero-order valence-electron chi connectivity index (χ0n) is 12.4. The van der Waals surface area contributed by atoms with Crippen LogP contribution in [-0.4, -0.2) is 18.9 Å². The Balaban J connectivity index is 2.25. The molecule has 2 rings (SSSR count). The van der Waals surface area contributed by atoms with Crippen molar-refractivity contribution in [1.82, 2.24) is 14.8 Å². The number of hydrogen-bond acceptors (Lipinski definition) is 3. The number of hydrogen-bond donors (Lipinski definition) is 2. The van der Waals surface area contributed by atoms with Crippen LogP contribution in [0.3, 0.4) is 0 Å². The van der Waals surface area contributed by atoms with Gasteiger partial charge in [-0.25, -0.2) is 8.42 Å². The predicted molar refractivity (Wildman–Crippen MR) is 87.4 cm³/mol. The molecule has 0 bridgehead atoms. The summed E-state index contributed by atoms with van der Waals surface area (Å²) in [5.41, 5.74) is 0.849. The fraction of sp³-hybridized carbons (Fsp3) is 0.154. The number of amides is 1. The van der Waals surface area contributed by atoms with Crippen LogP contribution in [0.2, 0.25) is 5.02 Å². The first-order valence-electron chi connectivity index (χ1n) is 6.42. The van der Waals surface area contributed by atoms with Crippen LogP contribution in [0.25, 0.3) is 0 Å². The maximum atomic E-state index is 12.7. The maximum Gasteiger partial charge on any atom is 0.416 e. The molecule has 0 radical (unpaired) electrons. The topological polar surface area (TPSA) is 80.2 Å². The molecule has 0 aliphatic heterocycles. The number of aryl methyl sites for hydroxylation is 1. The number of carbonyl (C=O) groups excluding carboxylic acids is 1. The summed E-state index contributed by atoms with van der Waals surface area (Å²) >= 11 is 8.83. The number of sulfonamides is 1. The second-order valence-corrected chi connectivity index (χ2v) is 7.83. The van der Waals surface area contributed by atoms with Crippen LogP contribution < -0.4 is 10.3 Å². The SMILES string of the molecule is Cn1cc(Br)cc1C(=O)NNS(=O)(=O)c1cc(C(F)(F)F)ccc1Cl. The highest BCUT2D eigenvalue weighted by Gasteiger charge is 2.33. The molecule has 136 valence electrons. The van der Waals surface area contributed by atoms with E-state index in [9.17, 15) is 26.4 Å². The van der Waals surface area contributed by atoms with Gasteiger partial charge in [-0.3, -0.25) is 10.2 Å². The highest BCUT2D eigenvalue weighted by molar-refractivity contribution is 9.10. The van der Waals surface area contributed by atoms with Gasteiger partial charge < -0.3 is 4.57 Å². The first-order valence-corrected chi connectivity index (χ1v) is 9.08. The summed E-state index contributed by atoms with van der Waals surface area (Å²) in [7, 11) is -2.96. The lowest BCUT2D eigenvalue weighted by molar-refractivity contribution is -0.137. The van der Waals surface area contributed by atoms with Gasteiger partial charge in [-0.05, 0) is 40.2 Å². The molecule has 0 unspecified atom stereocenters. The van der Waals surface area contributed by atoms with Gasteiger partial charge in [-0.2, -0.15) is 13.2 Å². The Hall–Kier alpha value is -1.56. The molecule has 0 atom stereocenters. The van der Waals surface area contributed by atoms with Crippen LogP contribution in [0.1, 0.15) is 16.1 Å². The van der Waals surface area contributed by atoms with Crippen LogP contribution in [-0.2, 0) is 23.2 Å². The van der Waals surface area contributed by atoms with Crippen molar-refractivity contribution in [2.45, 2.75) is 11.1 Å². The van der Waals surface area contributed by atoms with Gasteiger partial charge >= 0.3 is 6.18 Å². The molecular weight excluding hydrogens is 451 g/mol. The van der Waals surface area contributed by atoms with Gasteiger partial charge in [0.25, 0.3) is 15.9 Å². The molecule has 1 heterocycles. The van der Waals surface area contributed by atoms with Crippen molar-refractivity contribution in [3.8, 4) is 0 Å². The quantitative estimate of drug-likeness (QED) is 0.688. The number of benzene rings is 1. The summed E-state index contributed by atoms with van der Waals surface area (Å²) in [4.78, 5) is 12.9. The Morgan fingerprint density at radius 2 is 1.92 bits per heavy atom. The van der Waals surface area contributed by atoms with E-state index >= 15 is 0 Å². The van der Waals surface area contributed by atoms with Gasteiger partial charge in [-0.1, -0.05) is 11.6 Å². The second-order valence-electron chi connectivity index (χ2n) is 4.86. The van der Waals surface area contributed by atoms with Crippen molar-refractivity contribution < 1.29 is 26.4 Å². The molecule has 12 heteroatoms. The average molecular weight is 461 g/mol. The molecule has 6 nitrogen and oxygen atoms in total. The maximum absolute atomic E-state index is 12.7. The van der Waals surface area contributed by atoms with E-state index in [1.165, 1.54) is 10.6 Å². The minimum Gasteiger partial charge on any atom is -0.345 e. The fourth-order valence-corrected chi connectivity index (χ4v) is 3.76. The van der Waals surface area contributed by atoms with E-state index < -0.39 is 37.6 Å². The Kier molecular flexibility index (Phi) is 5.52. The highest BCUT2D eigenvalue weighted by atomic mass is 79.9. The average Bonchev–Trinajstić information content (AvgIpc) is 2.82. The van der Waals surface area contributed by atoms with Crippen LogP contribution in [0.15, 0.2) is 39.8 Å². The summed E-state index contributed by atoms with van der Waals surface area (Å²) < 4.78 is 64.5. The van der Waals surface area contributed by atoms with E-state index in [4.69, 9.17) is 11.6 Å². The van der Waals surface area contributed by atoms with Gasteiger partial charge in [0, 0.05) is 17.7 Å². The Labute approximate surface area is 154 Å². The Bertz CT molecular complexity index is 928.